The monoisotopic (exact) mass is 925 g/mol. The van der Waals surface area contributed by atoms with E-state index < -0.39 is 94.5 Å². The summed E-state index contributed by atoms with van der Waals surface area (Å²) < 4.78 is 46.6. The van der Waals surface area contributed by atoms with E-state index in [2.05, 4.69) is 26.0 Å². The highest BCUT2D eigenvalue weighted by molar-refractivity contribution is 7.89. The maximum Gasteiger partial charge on any atom is 0.407 e. The first-order valence-electron chi connectivity index (χ1n) is 21.7. The minimum atomic E-state index is -4.37. The quantitative estimate of drug-likeness (QED) is 0.0923. The number of ether oxygens (including phenoxy) is 3. The van der Waals surface area contributed by atoms with E-state index in [9.17, 15) is 47.1 Å². The minimum absolute atomic E-state index is 0.00297. The molecule has 65 heavy (non-hydrogen) atoms. The number of carbonyl (C=O) groups is 7. The van der Waals surface area contributed by atoms with Gasteiger partial charge in [0.15, 0.2) is 0 Å². The lowest BCUT2D eigenvalue weighted by Gasteiger charge is -2.34. The second-order valence-corrected chi connectivity index (χ2v) is 18.4. The molecule has 2 fully saturated rings. The number of benzene rings is 2. The highest BCUT2D eigenvalue weighted by Gasteiger charge is 2.46. The lowest BCUT2D eigenvalue weighted by atomic mass is 9.83. The molecule has 2 heterocycles. The Hall–Kier alpha value is -6.06. The highest BCUT2D eigenvalue weighted by atomic mass is 32.2. The number of amides is 6. The van der Waals surface area contributed by atoms with Crippen molar-refractivity contribution in [2.75, 3.05) is 26.8 Å². The molecule has 2 aromatic carbocycles. The average Bonchev–Trinajstić information content (AvgIpc) is 3.70. The Morgan fingerprint density at radius 1 is 0.969 bits per heavy atom. The summed E-state index contributed by atoms with van der Waals surface area (Å²) in [5.74, 6) is -5.50. The maximum absolute atomic E-state index is 14.7. The number of carbonyl (C=O) groups excluding carboxylic acids is 7. The van der Waals surface area contributed by atoms with Gasteiger partial charge in [0.2, 0.25) is 45.7 Å². The SMILES string of the molecule is CCCC(NC(=O)C1C[C@@H](NS(=O)(=O)c2ccc3c(c2)C(OC)=CC(O)O3)CN1C(=O)[C@@H](NC(=O)OCC(C)C)C1CCCCC1)C(=O)C(=O)NCC(=O)N[C@H](C(N)=O)c1ccccc1. The number of nitrogens with zero attached hydrogens (tertiary/aromatic N) is 1. The number of rotatable bonds is 20. The molecule has 20 nitrogen and oxygen atoms in total. The second-order valence-electron chi connectivity index (χ2n) is 16.7. The van der Waals surface area contributed by atoms with Crippen LogP contribution in [-0.4, -0.2) is 117 Å². The van der Waals surface area contributed by atoms with Crippen LogP contribution in [0.1, 0.15) is 89.3 Å². The van der Waals surface area contributed by atoms with E-state index in [1.807, 2.05) is 13.8 Å². The van der Waals surface area contributed by atoms with Gasteiger partial charge in [0, 0.05) is 18.7 Å². The summed E-state index contributed by atoms with van der Waals surface area (Å²) in [6.45, 7) is 4.47. The lowest BCUT2D eigenvalue weighted by Crippen LogP contribution is -2.58. The van der Waals surface area contributed by atoms with Gasteiger partial charge in [-0.2, -0.15) is 0 Å². The van der Waals surface area contributed by atoms with Crippen molar-refractivity contribution >= 4 is 57.2 Å². The van der Waals surface area contributed by atoms with E-state index in [0.717, 1.165) is 19.3 Å². The van der Waals surface area contributed by atoms with E-state index >= 15 is 0 Å². The van der Waals surface area contributed by atoms with Crippen molar-refractivity contribution in [3.63, 3.8) is 0 Å². The first kappa shape index (κ1) is 49.9. The smallest absolute Gasteiger partial charge is 0.407 e. The Morgan fingerprint density at radius 3 is 2.32 bits per heavy atom. The lowest BCUT2D eigenvalue weighted by molar-refractivity contribution is -0.143. The highest BCUT2D eigenvalue weighted by Crippen LogP contribution is 2.35. The number of primary amides is 1. The van der Waals surface area contributed by atoms with E-state index in [4.69, 9.17) is 19.9 Å². The molecule has 6 amide bonds. The Kier molecular flexibility index (Phi) is 17.5. The predicted octanol–water partition coefficient (Wildman–Crippen LogP) is 1.28. The van der Waals surface area contributed by atoms with Crippen molar-refractivity contribution in [2.45, 2.75) is 114 Å². The fourth-order valence-electron chi connectivity index (χ4n) is 8.08. The van der Waals surface area contributed by atoms with Crippen LogP contribution < -0.4 is 36.5 Å². The molecule has 1 saturated heterocycles. The Bertz CT molecular complexity index is 2220. The van der Waals surface area contributed by atoms with Gasteiger partial charge >= 0.3 is 6.09 Å². The predicted molar refractivity (Wildman–Crippen MR) is 233 cm³/mol. The molecule has 2 aromatic rings. The molecule has 21 heteroatoms. The summed E-state index contributed by atoms with van der Waals surface area (Å²) in [5, 5.41) is 20.0. The van der Waals surface area contributed by atoms with Crippen molar-refractivity contribution in [1.82, 2.24) is 30.9 Å². The van der Waals surface area contributed by atoms with Gasteiger partial charge in [-0.05, 0) is 61.3 Å². The number of methoxy groups -OCH3 is 1. The van der Waals surface area contributed by atoms with E-state index in [1.54, 1.807) is 37.3 Å². The van der Waals surface area contributed by atoms with Crippen LogP contribution in [0.25, 0.3) is 5.76 Å². The number of aliphatic hydroxyl groups is 1. The van der Waals surface area contributed by atoms with E-state index in [0.29, 0.717) is 24.8 Å². The van der Waals surface area contributed by atoms with Gasteiger partial charge in [0.25, 0.3) is 5.91 Å². The first-order valence-corrected chi connectivity index (χ1v) is 23.2. The molecule has 2 aliphatic heterocycles. The van der Waals surface area contributed by atoms with Gasteiger partial charge in [-0.3, -0.25) is 28.8 Å². The number of Topliss-reactive ketones (excluding diaryl/α,β-unsaturated/α-hetero) is 1. The normalized spacial score (nSPS) is 19.9. The summed E-state index contributed by atoms with van der Waals surface area (Å²) in [6.07, 6.45) is 2.83. The third-order valence-corrected chi connectivity index (χ3v) is 12.8. The van der Waals surface area contributed by atoms with Gasteiger partial charge in [-0.25, -0.2) is 17.9 Å². The Balaban J connectivity index is 1.37. The summed E-state index contributed by atoms with van der Waals surface area (Å²) in [6, 6.07) is 5.83. The van der Waals surface area contributed by atoms with Crippen LogP contribution in [0.15, 0.2) is 59.5 Å². The zero-order valence-electron chi connectivity index (χ0n) is 36.9. The van der Waals surface area contributed by atoms with Crippen LogP contribution in [0.5, 0.6) is 5.75 Å². The van der Waals surface area contributed by atoms with Crippen LogP contribution in [0.2, 0.25) is 0 Å². The average molecular weight is 926 g/mol. The van der Waals surface area contributed by atoms with Gasteiger partial charge in [-0.1, -0.05) is 76.8 Å². The summed E-state index contributed by atoms with van der Waals surface area (Å²) in [7, 11) is -3.02. The number of likely N-dealkylation sites (tertiary alicyclic amines) is 1. The molecular weight excluding hydrogens is 867 g/mol. The fraction of sp³-hybridized carbons (Fsp3) is 0.523. The Morgan fingerprint density at radius 2 is 1.68 bits per heavy atom. The molecule has 1 saturated carbocycles. The number of ketones is 1. The van der Waals surface area contributed by atoms with Crippen LogP contribution in [-0.2, 0) is 48.3 Å². The number of hydrogen-bond acceptors (Lipinski definition) is 13. The van der Waals surface area contributed by atoms with Gasteiger partial charge < -0.3 is 51.2 Å². The molecule has 0 radical (unpaired) electrons. The molecule has 0 bridgehead atoms. The number of fused-ring (bicyclic) bond motifs is 1. The molecule has 8 N–H and O–H groups in total. The van der Waals surface area contributed by atoms with Crippen LogP contribution >= 0.6 is 0 Å². The molecular formula is C44H59N7O13S. The topological polar surface area (TPSA) is 291 Å². The van der Waals surface area contributed by atoms with Crippen molar-refractivity contribution in [2.24, 2.45) is 17.6 Å². The van der Waals surface area contributed by atoms with Crippen molar-refractivity contribution in [3.05, 3.63) is 65.7 Å². The Labute approximate surface area is 377 Å². The number of sulfonamides is 1. The zero-order valence-corrected chi connectivity index (χ0v) is 37.7. The number of aliphatic hydroxyl groups excluding tert-OH is 1. The van der Waals surface area contributed by atoms with Gasteiger partial charge in [-0.15, -0.1) is 0 Å². The number of alkyl carbamates (subject to hydrolysis) is 1. The molecule has 3 unspecified atom stereocenters. The van der Waals surface area contributed by atoms with Crippen molar-refractivity contribution in [3.8, 4) is 5.75 Å². The maximum atomic E-state index is 14.7. The number of nitrogens with one attached hydrogen (secondary N) is 5. The van der Waals surface area contributed by atoms with Gasteiger partial charge in [0.05, 0.1) is 36.8 Å². The van der Waals surface area contributed by atoms with Crippen LogP contribution in [0.3, 0.4) is 0 Å². The zero-order chi connectivity index (χ0) is 47.4. The molecule has 1 aliphatic carbocycles. The molecule has 5 rings (SSSR count). The summed E-state index contributed by atoms with van der Waals surface area (Å²) in [4.78, 5) is 94.7. The molecule has 6 atom stereocenters. The van der Waals surface area contributed by atoms with Crippen molar-refractivity contribution < 1.29 is 61.3 Å². The van der Waals surface area contributed by atoms with E-state index in [1.165, 1.54) is 36.3 Å². The number of nitrogens with two attached hydrogens (primary N) is 1. The van der Waals surface area contributed by atoms with E-state index in [-0.39, 0.29) is 59.8 Å². The molecule has 0 aromatic heterocycles. The largest absolute Gasteiger partial charge is 0.496 e. The minimum Gasteiger partial charge on any atom is -0.496 e. The van der Waals surface area contributed by atoms with Crippen molar-refractivity contribution in [1.29, 1.82) is 0 Å². The number of hydrogen-bond donors (Lipinski definition) is 7. The molecule has 354 valence electrons. The summed E-state index contributed by atoms with van der Waals surface area (Å²) in [5.41, 5.74) is 6.14. The first-order chi connectivity index (χ1) is 30.9. The third-order valence-electron chi connectivity index (χ3n) is 11.3. The molecule has 3 aliphatic rings. The standard InChI is InChI=1S/C44H59N7O13S/c1-5-12-31(39(54)42(57)46-22-35(52)48-37(40(45)55)26-13-8-6-9-14-26)47-41(56)32-19-28(50-65(60,61)29-17-18-33-30(20-29)34(62-4)21-36(53)64-33)23-51(32)43(58)38(27-15-10-7-11-16-27)49-44(59)63-24-25(2)3/h6,8-9,13-14,17-18,20-21,25,27-28,31-32,36-38,50,53H,5,7,10-12,15-16,19,22-24H2,1-4H3,(H2,45,55)(H,46,57)(H,47,56)(H,48,52)(H,49,59)/t28-,31?,32?,36?,37+,38+/m1/s1. The summed E-state index contributed by atoms with van der Waals surface area (Å²) >= 11 is 0. The van der Waals surface area contributed by atoms with Crippen LogP contribution in [0.4, 0.5) is 4.79 Å². The third kappa shape index (κ3) is 13.3. The van der Waals surface area contributed by atoms with Crippen LogP contribution in [0, 0.1) is 11.8 Å². The molecule has 0 spiro atoms. The fourth-order valence-corrected chi connectivity index (χ4v) is 9.35. The van der Waals surface area contributed by atoms with Gasteiger partial charge in [0.1, 0.15) is 29.6 Å². The second kappa shape index (κ2) is 22.7.